The highest BCUT2D eigenvalue weighted by atomic mass is 32.1. The van der Waals surface area contributed by atoms with Crippen molar-refractivity contribution in [2.75, 3.05) is 4.90 Å². The minimum atomic E-state index is -0.442. The van der Waals surface area contributed by atoms with E-state index in [0.717, 1.165) is 16.9 Å². The van der Waals surface area contributed by atoms with Crippen LogP contribution in [0.25, 0.3) is 21.9 Å². The lowest BCUT2D eigenvalue weighted by atomic mass is 10.1. The van der Waals surface area contributed by atoms with Gasteiger partial charge < -0.3 is 4.90 Å². The molecular formula is C25H14F2N4O2S. The van der Waals surface area contributed by atoms with E-state index in [4.69, 9.17) is 0 Å². The summed E-state index contributed by atoms with van der Waals surface area (Å²) in [6.07, 6.45) is 0. The second-order valence-corrected chi connectivity index (χ2v) is 8.76. The van der Waals surface area contributed by atoms with Crippen LogP contribution in [0.2, 0.25) is 0 Å². The lowest BCUT2D eigenvalue weighted by Crippen LogP contribution is -2.32. The van der Waals surface area contributed by atoms with Crippen LogP contribution in [-0.4, -0.2) is 20.5 Å². The van der Waals surface area contributed by atoms with E-state index in [1.54, 1.807) is 35.2 Å². The highest BCUT2D eigenvalue weighted by Gasteiger charge is 2.34. The monoisotopic (exact) mass is 472 g/mol. The Morgan fingerprint density at radius 3 is 2.24 bits per heavy atom. The second kappa shape index (κ2) is 7.67. The fraction of sp³-hybridized carbons (Fsp3) is 0.0400. The summed E-state index contributed by atoms with van der Waals surface area (Å²) < 4.78 is 28.0. The van der Waals surface area contributed by atoms with Gasteiger partial charge in [-0.3, -0.25) is 9.59 Å². The summed E-state index contributed by atoms with van der Waals surface area (Å²) in [6.45, 7) is 0.239. The number of anilines is 1. The number of thiazole rings is 1. The van der Waals surface area contributed by atoms with Crippen LogP contribution in [-0.2, 0) is 11.3 Å². The summed E-state index contributed by atoms with van der Waals surface area (Å²) in [5.74, 6) is -0.743. The average Bonchev–Trinajstić information content (AvgIpc) is 3.47. The van der Waals surface area contributed by atoms with Gasteiger partial charge in [-0.25, -0.2) is 8.78 Å². The van der Waals surface area contributed by atoms with Gasteiger partial charge >= 0.3 is 0 Å². The molecule has 0 aliphatic carbocycles. The van der Waals surface area contributed by atoms with E-state index in [2.05, 4.69) is 10.1 Å². The van der Waals surface area contributed by atoms with E-state index >= 15 is 0 Å². The molecule has 0 N–H and O–H groups in total. The summed E-state index contributed by atoms with van der Waals surface area (Å²) >= 11 is 1.09. The molecule has 0 radical (unpaired) electrons. The lowest BCUT2D eigenvalue weighted by Gasteiger charge is -2.17. The van der Waals surface area contributed by atoms with E-state index < -0.39 is 5.56 Å². The van der Waals surface area contributed by atoms with Crippen LogP contribution in [0.3, 0.4) is 0 Å². The maximum atomic E-state index is 13.5. The molecule has 5 aromatic rings. The van der Waals surface area contributed by atoms with Crippen molar-refractivity contribution >= 4 is 33.5 Å². The summed E-state index contributed by atoms with van der Waals surface area (Å²) in [6, 6.07) is 18.9. The molecule has 34 heavy (non-hydrogen) atoms. The Balaban J connectivity index is 1.48. The third-order valence-electron chi connectivity index (χ3n) is 5.66. The number of carbonyl (C=O) groups is 1. The van der Waals surface area contributed by atoms with Gasteiger partial charge in [-0.2, -0.15) is 9.50 Å². The number of aromatic nitrogens is 3. The molecule has 0 saturated carbocycles. The predicted octanol–water partition coefficient (Wildman–Crippen LogP) is 3.56. The van der Waals surface area contributed by atoms with Gasteiger partial charge in [0.15, 0.2) is 5.82 Å². The molecule has 1 amide bonds. The first-order chi connectivity index (χ1) is 16.5. The third kappa shape index (κ3) is 3.20. The van der Waals surface area contributed by atoms with Gasteiger partial charge in [0.1, 0.15) is 16.2 Å². The molecule has 9 heteroatoms. The molecule has 1 aliphatic heterocycles. The molecule has 3 aromatic carbocycles. The zero-order valence-corrected chi connectivity index (χ0v) is 18.2. The SMILES string of the molecule is O=C1/C(=c2\sc3nc(-c4ccc(F)cc4)nn3c2=O)c2ccccc2N1Cc1ccc(F)cc1. The van der Waals surface area contributed by atoms with Gasteiger partial charge in [-0.1, -0.05) is 41.7 Å². The fourth-order valence-corrected chi connectivity index (χ4v) is 5.03. The number of rotatable bonds is 3. The summed E-state index contributed by atoms with van der Waals surface area (Å²) in [5, 5.41) is 4.29. The Labute approximate surface area is 195 Å². The average molecular weight is 472 g/mol. The molecule has 166 valence electrons. The number of para-hydroxylation sites is 1. The number of hydrogen-bond acceptors (Lipinski definition) is 5. The zero-order chi connectivity index (χ0) is 23.4. The van der Waals surface area contributed by atoms with Gasteiger partial charge in [0, 0.05) is 11.1 Å². The van der Waals surface area contributed by atoms with Crippen molar-refractivity contribution in [2.24, 2.45) is 0 Å². The van der Waals surface area contributed by atoms with E-state index in [0.29, 0.717) is 33.2 Å². The first-order valence-corrected chi connectivity index (χ1v) is 11.2. The Morgan fingerprint density at radius 1 is 0.853 bits per heavy atom. The molecule has 6 rings (SSSR count). The molecule has 0 saturated heterocycles. The minimum Gasteiger partial charge on any atom is -0.303 e. The van der Waals surface area contributed by atoms with Crippen LogP contribution in [0, 0.1) is 11.6 Å². The van der Waals surface area contributed by atoms with E-state index in [9.17, 15) is 18.4 Å². The number of nitrogens with zero attached hydrogens (tertiary/aromatic N) is 4. The van der Waals surface area contributed by atoms with Gasteiger partial charge in [0.25, 0.3) is 11.5 Å². The number of carbonyl (C=O) groups excluding carboxylic acids is 1. The van der Waals surface area contributed by atoms with Crippen LogP contribution in [0.1, 0.15) is 11.1 Å². The van der Waals surface area contributed by atoms with Crippen LogP contribution >= 0.6 is 11.3 Å². The zero-order valence-electron chi connectivity index (χ0n) is 17.4. The van der Waals surface area contributed by atoms with Crippen molar-refractivity contribution in [2.45, 2.75) is 6.54 Å². The molecular weight excluding hydrogens is 458 g/mol. The largest absolute Gasteiger partial charge is 0.303 e. The first-order valence-electron chi connectivity index (χ1n) is 10.3. The fourth-order valence-electron chi connectivity index (χ4n) is 4.04. The molecule has 0 bridgehead atoms. The maximum absolute atomic E-state index is 13.5. The molecule has 0 fully saturated rings. The summed E-state index contributed by atoms with van der Waals surface area (Å²) in [5.41, 5.74) is 2.52. The normalized spacial score (nSPS) is 14.8. The van der Waals surface area contributed by atoms with Crippen molar-refractivity contribution in [1.82, 2.24) is 14.6 Å². The van der Waals surface area contributed by atoms with E-state index in [1.165, 1.54) is 28.8 Å². The summed E-state index contributed by atoms with van der Waals surface area (Å²) in [7, 11) is 0. The van der Waals surface area contributed by atoms with Crippen LogP contribution in [0.15, 0.2) is 77.6 Å². The van der Waals surface area contributed by atoms with Crippen molar-refractivity contribution in [3.63, 3.8) is 0 Å². The second-order valence-electron chi connectivity index (χ2n) is 7.78. The lowest BCUT2D eigenvalue weighted by molar-refractivity contribution is -0.113. The predicted molar refractivity (Wildman–Crippen MR) is 124 cm³/mol. The number of amides is 1. The number of hydrogen-bond donors (Lipinski definition) is 0. The highest BCUT2D eigenvalue weighted by molar-refractivity contribution is 7.15. The number of benzene rings is 3. The van der Waals surface area contributed by atoms with E-state index in [1.807, 2.05) is 18.2 Å². The molecule has 0 spiro atoms. The third-order valence-corrected chi connectivity index (χ3v) is 6.69. The molecule has 6 nitrogen and oxygen atoms in total. The van der Waals surface area contributed by atoms with Gasteiger partial charge in [0.05, 0.1) is 17.8 Å². The topological polar surface area (TPSA) is 67.6 Å². The standard InChI is InChI=1S/C25H14F2N4O2S/c26-16-9-5-14(6-10-16)13-30-19-4-2-1-3-18(19)20(23(30)32)21-24(33)31-25(34-21)28-22(29-31)15-7-11-17(27)12-8-15/h1-12H,13H2/b21-20-. The Kier molecular flexibility index (Phi) is 4.59. The van der Waals surface area contributed by atoms with Crippen LogP contribution < -0.4 is 15.0 Å². The molecule has 0 atom stereocenters. The molecule has 2 aromatic heterocycles. The summed E-state index contributed by atoms with van der Waals surface area (Å²) in [4.78, 5) is 33.1. The van der Waals surface area contributed by atoms with Crippen LogP contribution in [0.5, 0.6) is 0 Å². The van der Waals surface area contributed by atoms with E-state index in [-0.39, 0.29) is 28.6 Å². The van der Waals surface area contributed by atoms with Crippen LogP contribution in [0.4, 0.5) is 14.5 Å². The number of fused-ring (bicyclic) bond motifs is 2. The minimum absolute atomic E-state index is 0.239. The highest BCUT2D eigenvalue weighted by Crippen LogP contribution is 2.36. The Morgan fingerprint density at radius 2 is 1.53 bits per heavy atom. The van der Waals surface area contributed by atoms with Crippen molar-refractivity contribution in [1.29, 1.82) is 0 Å². The Bertz CT molecular complexity index is 1690. The first kappa shape index (κ1) is 20.4. The van der Waals surface area contributed by atoms with Crippen molar-refractivity contribution in [3.8, 4) is 11.4 Å². The Hall–Kier alpha value is -4.24. The quantitative estimate of drug-likeness (QED) is 0.403. The van der Waals surface area contributed by atoms with Crippen molar-refractivity contribution in [3.05, 3.63) is 110 Å². The molecule has 3 heterocycles. The maximum Gasteiger partial charge on any atom is 0.291 e. The van der Waals surface area contributed by atoms with Gasteiger partial charge in [-0.15, -0.1) is 5.10 Å². The van der Waals surface area contributed by atoms with Gasteiger partial charge in [-0.05, 0) is 48.0 Å². The number of halogens is 2. The smallest absolute Gasteiger partial charge is 0.291 e. The van der Waals surface area contributed by atoms with Crippen molar-refractivity contribution < 1.29 is 13.6 Å². The van der Waals surface area contributed by atoms with Gasteiger partial charge in [0.2, 0.25) is 4.96 Å². The molecule has 1 aliphatic rings. The molecule has 0 unspecified atom stereocenters.